The summed E-state index contributed by atoms with van der Waals surface area (Å²) in [5, 5.41) is 2.43. The molecule has 1 aromatic carbocycles. The van der Waals surface area contributed by atoms with E-state index in [1.807, 2.05) is 6.07 Å². The maximum atomic E-state index is 13.3. The van der Waals surface area contributed by atoms with Crippen molar-refractivity contribution in [3.8, 4) is 0 Å². The third kappa shape index (κ3) is 5.18. The number of nitrogens with one attached hydrogen (secondary N) is 1. The number of halogens is 3. The highest BCUT2D eigenvalue weighted by Gasteiger charge is 2.41. The van der Waals surface area contributed by atoms with E-state index in [0.717, 1.165) is 31.7 Å². The molecular formula is C24H25F3N4O2. The topological polar surface area (TPSA) is 71.3 Å². The second-order valence-electron chi connectivity index (χ2n) is 8.41. The molecule has 0 radical (unpaired) electrons. The molecule has 2 aromatic heterocycles. The molecule has 3 heterocycles. The lowest BCUT2D eigenvalue weighted by Gasteiger charge is -2.33. The average Bonchev–Trinajstić information content (AvgIpc) is 3.27. The van der Waals surface area contributed by atoms with Gasteiger partial charge in [0.1, 0.15) is 5.82 Å². The number of amides is 1. The highest BCUT2D eigenvalue weighted by molar-refractivity contribution is 6.03. The molecule has 0 atom stereocenters. The van der Waals surface area contributed by atoms with E-state index in [0.29, 0.717) is 5.92 Å². The lowest BCUT2D eigenvalue weighted by atomic mass is 9.89. The van der Waals surface area contributed by atoms with E-state index in [1.54, 1.807) is 26.0 Å². The third-order valence-electron chi connectivity index (χ3n) is 5.71. The second kappa shape index (κ2) is 9.25. The van der Waals surface area contributed by atoms with Gasteiger partial charge in [0, 0.05) is 19.0 Å². The number of hydrogen-bond acceptors (Lipinski definition) is 5. The van der Waals surface area contributed by atoms with Crippen molar-refractivity contribution >= 4 is 17.4 Å². The molecule has 0 aliphatic carbocycles. The van der Waals surface area contributed by atoms with Crippen molar-refractivity contribution in [3.63, 3.8) is 0 Å². The number of oxazole rings is 1. The zero-order chi connectivity index (χ0) is 23.6. The minimum Gasteiger partial charge on any atom is -0.435 e. The lowest BCUT2D eigenvalue weighted by Crippen LogP contribution is -2.33. The summed E-state index contributed by atoms with van der Waals surface area (Å²) in [6.45, 7) is 4.98. The first kappa shape index (κ1) is 22.8. The van der Waals surface area contributed by atoms with E-state index in [-0.39, 0.29) is 17.5 Å². The van der Waals surface area contributed by atoms with Gasteiger partial charge in [0.05, 0.1) is 11.9 Å². The number of pyridine rings is 1. The molecule has 3 aromatic rings. The largest absolute Gasteiger partial charge is 0.437 e. The third-order valence-corrected chi connectivity index (χ3v) is 5.71. The van der Waals surface area contributed by atoms with Gasteiger partial charge in [0.15, 0.2) is 11.6 Å². The molecule has 1 aliphatic heterocycles. The van der Waals surface area contributed by atoms with Crippen molar-refractivity contribution in [2.75, 3.05) is 23.3 Å². The van der Waals surface area contributed by atoms with Crippen molar-refractivity contribution in [1.29, 1.82) is 0 Å². The van der Waals surface area contributed by atoms with E-state index in [2.05, 4.69) is 44.5 Å². The number of hydrogen-bond donors (Lipinski definition) is 1. The van der Waals surface area contributed by atoms with Gasteiger partial charge in [-0.2, -0.15) is 13.2 Å². The van der Waals surface area contributed by atoms with Crippen LogP contribution in [0.25, 0.3) is 0 Å². The number of piperidine rings is 1. The van der Waals surface area contributed by atoms with Crippen LogP contribution in [0.15, 0.2) is 53.1 Å². The molecule has 1 amide bonds. The van der Waals surface area contributed by atoms with Crippen molar-refractivity contribution in [2.45, 2.75) is 44.7 Å². The molecule has 4 rings (SSSR count). The van der Waals surface area contributed by atoms with E-state index in [4.69, 9.17) is 4.42 Å². The average molecular weight is 458 g/mol. The smallest absolute Gasteiger partial charge is 0.435 e. The molecule has 0 bridgehead atoms. The van der Waals surface area contributed by atoms with E-state index in [1.165, 1.54) is 11.8 Å². The Labute approximate surface area is 189 Å². The van der Waals surface area contributed by atoms with Crippen molar-refractivity contribution in [3.05, 3.63) is 71.6 Å². The first-order valence-corrected chi connectivity index (χ1v) is 10.9. The Morgan fingerprint density at radius 1 is 1.12 bits per heavy atom. The summed E-state index contributed by atoms with van der Waals surface area (Å²) in [5.41, 5.74) is 0.294. The van der Waals surface area contributed by atoms with Crippen LogP contribution in [-0.2, 0) is 6.18 Å². The number of nitrogens with zero attached hydrogens (tertiary/aromatic N) is 3. The Morgan fingerprint density at radius 2 is 1.82 bits per heavy atom. The molecule has 1 N–H and O–H groups in total. The Morgan fingerprint density at radius 3 is 2.39 bits per heavy atom. The van der Waals surface area contributed by atoms with Gasteiger partial charge >= 0.3 is 6.18 Å². The zero-order valence-corrected chi connectivity index (χ0v) is 18.4. The van der Waals surface area contributed by atoms with Gasteiger partial charge in [0.2, 0.25) is 5.76 Å². The van der Waals surface area contributed by atoms with E-state index in [9.17, 15) is 18.0 Å². The molecule has 1 fully saturated rings. The highest BCUT2D eigenvalue weighted by Crippen LogP contribution is 2.34. The molecule has 0 unspecified atom stereocenters. The van der Waals surface area contributed by atoms with Crippen LogP contribution < -0.4 is 10.2 Å². The highest BCUT2D eigenvalue weighted by atomic mass is 19.4. The van der Waals surface area contributed by atoms with Gasteiger partial charge in [-0.05, 0) is 36.5 Å². The SMILES string of the molecule is CC(C)c1nc(C(F)(F)F)c(C(=O)Nc2ccc(N3CCC(c4ccccc4)CC3)nc2)o1. The van der Waals surface area contributed by atoms with Crippen LogP contribution in [0.5, 0.6) is 0 Å². The van der Waals surface area contributed by atoms with Crippen molar-refractivity contribution < 1.29 is 22.4 Å². The quantitative estimate of drug-likeness (QED) is 0.520. The van der Waals surface area contributed by atoms with E-state index < -0.39 is 23.5 Å². The minimum absolute atomic E-state index is 0.139. The van der Waals surface area contributed by atoms with Crippen LogP contribution in [0.4, 0.5) is 24.7 Å². The fraction of sp³-hybridized carbons (Fsp3) is 0.375. The fourth-order valence-electron chi connectivity index (χ4n) is 3.93. The van der Waals surface area contributed by atoms with Crippen LogP contribution in [0.3, 0.4) is 0 Å². The molecule has 174 valence electrons. The predicted molar refractivity (Wildman–Crippen MR) is 118 cm³/mol. The monoisotopic (exact) mass is 458 g/mol. The second-order valence-corrected chi connectivity index (χ2v) is 8.41. The standard InChI is InChI=1S/C24H25F3N4O2/c1-15(2)23-30-21(24(25,26)27)20(33-23)22(32)29-18-8-9-19(28-14-18)31-12-10-17(11-13-31)16-6-4-3-5-7-16/h3-9,14-15,17H,10-13H2,1-2H3,(H,29,32). The number of anilines is 2. The Hall–Kier alpha value is -3.36. The summed E-state index contributed by atoms with van der Waals surface area (Å²) in [6, 6.07) is 13.8. The molecule has 9 heteroatoms. The molecule has 1 saturated heterocycles. The van der Waals surface area contributed by atoms with Gasteiger partial charge < -0.3 is 14.6 Å². The van der Waals surface area contributed by atoms with Crippen LogP contribution in [0.1, 0.15) is 66.2 Å². The Balaban J connectivity index is 1.41. The first-order chi connectivity index (χ1) is 15.7. The number of aromatic nitrogens is 2. The van der Waals surface area contributed by atoms with Gasteiger partial charge in [0.25, 0.3) is 5.91 Å². The van der Waals surface area contributed by atoms with Crippen molar-refractivity contribution in [2.24, 2.45) is 0 Å². The Kier molecular flexibility index (Phi) is 6.40. The van der Waals surface area contributed by atoms with Crippen LogP contribution in [-0.4, -0.2) is 29.0 Å². The summed E-state index contributed by atoms with van der Waals surface area (Å²) in [6.07, 6.45) is -1.34. The summed E-state index contributed by atoms with van der Waals surface area (Å²) in [7, 11) is 0. The lowest BCUT2D eigenvalue weighted by molar-refractivity contribution is -0.141. The summed E-state index contributed by atoms with van der Waals surface area (Å²) in [4.78, 5) is 22.5. The summed E-state index contributed by atoms with van der Waals surface area (Å²) in [5.74, 6) is -1.11. The molecule has 6 nitrogen and oxygen atoms in total. The van der Waals surface area contributed by atoms with Crippen LogP contribution in [0.2, 0.25) is 0 Å². The first-order valence-electron chi connectivity index (χ1n) is 10.9. The maximum absolute atomic E-state index is 13.3. The molecule has 0 spiro atoms. The van der Waals surface area contributed by atoms with Crippen LogP contribution >= 0.6 is 0 Å². The molecule has 1 aliphatic rings. The number of benzene rings is 1. The van der Waals surface area contributed by atoms with Gasteiger partial charge in [-0.1, -0.05) is 44.2 Å². The normalized spacial score (nSPS) is 15.2. The summed E-state index contributed by atoms with van der Waals surface area (Å²) >= 11 is 0. The minimum atomic E-state index is -4.79. The molecular weight excluding hydrogens is 433 g/mol. The number of carbonyl (C=O) groups is 1. The van der Waals surface area contributed by atoms with Crippen molar-refractivity contribution in [1.82, 2.24) is 9.97 Å². The van der Waals surface area contributed by atoms with Gasteiger partial charge in [-0.3, -0.25) is 4.79 Å². The molecule has 0 saturated carbocycles. The number of rotatable bonds is 5. The molecule has 33 heavy (non-hydrogen) atoms. The summed E-state index contributed by atoms with van der Waals surface area (Å²) < 4.78 is 45.0. The van der Waals surface area contributed by atoms with Crippen LogP contribution in [0, 0.1) is 0 Å². The van der Waals surface area contributed by atoms with Gasteiger partial charge in [-0.25, -0.2) is 9.97 Å². The number of alkyl halides is 3. The fourth-order valence-corrected chi connectivity index (χ4v) is 3.93. The Bertz CT molecular complexity index is 1090. The number of carbonyl (C=O) groups excluding carboxylic acids is 1. The van der Waals surface area contributed by atoms with Gasteiger partial charge in [-0.15, -0.1) is 0 Å². The maximum Gasteiger partial charge on any atom is 0.437 e. The predicted octanol–water partition coefficient (Wildman–Crippen LogP) is 5.85. The van der Waals surface area contributed by atoms with E-state index >= 15 is 0 Å². The zero-order valence-electron chi connectivity index (χ0n) is 18.4.